The molecule has 0 saturated heterocycles. The topological polar surface area (TPSA) is 20.3 Å². The maximum absolute atomic E-state index is 10.1. The van der Waals surface area contributed by atoms with E-state index in [1.165, 1.54) is 11.6 Å². The summed E-state index contributed by atoms with van der Waals surface area (Å²) >= 11 is 0. The maximum Gasteiger partial charge on any atom is 0.205 e. The lowest BCUT2D eigenvalue weighted by Gasteiger charge is -2.03. The van der Waals surface area contributed by atoms with Crippen LogP contribution in [-0.2, 0) is 4.79 Å². The molecule has 0 fully saturated rings. The molecule has 0 aliphatic rings. The van der Waals surface area contributed by atoms with E-state index in [1.54, 1.807) is 16.0 Å². The van der Waals surface area contributed by atoms with Crippen LogP contribution in [0.1, 0.15) is 6.92 Å². The first-order chi connectivity index (χ1) is 2.64. The van der Waals surface area contributed by atoms with Crippen LogP contribution in [0.2, 0.25) is 0 Å². The van der Waals surface area contributed by atoms with Crippen molar-refractivity contribution in [3.63, 3.8) is 0 Å². The fraction of sp³-hybridized carbons (Fsp3) is 0.500. The molecule has 0 rings (SSSR count). The Balaban J connectivity index is 3.26. The number of amides is 1. The third-order valence-electron chi connectivity index (χ3n) is 0.630. The van der Waals surface area contributed by atoms with Crippen LogP contribution in [0, 0.1) is 0 Å². The van der Waals surface area contributed by atoms with E-state index in [4.69, 9.17) is 0 Å². The van der Waals surface area contributed by atoms with Crippen LogP contribution in [0.4, 0.5) is 0 Å². The monoisotopic (exact) mass is 83.1 g/mol. The van der Waals surface area contributed by atoms with Gasteiger partial charge in [0, 0.05) is 6.92 Å². The zero-order chi connectivity index (χ0) is 5.15. The third kappa shape index (κ3) is 1.88. The van der Waals surface area contributed by atoms with Gasteiger partial charge in [-0.1, -0.05) is 0 Å². The summed E-state index contributed by atoms with van der Waals surface area (Å²) in [7, 11) is 3.45. The van der Waals surface area contributed by atoms with Crippen molar-refractivity contribution in [2.24, 2.45) is 0 Å². The molecule has 0 aromatic heterocycles. The second kappa shape index (κ2) is 1.90. The van der Waals surface area contributed by atoms with Crippen molar-refractivity contribution in [3.8, 4) is 0 Å². The summed E-state index contributed by atoms with van der Waals surface area (Å²) in [6, 6.07) is 0. The lowest BCUT2D eigenvalue weighted by molar-refractivity contribution is -0.121. The van der Waals surface area contributed by atoms with Gasteiger partial charge in [-0.3, -0.25) is 4.79 Å². The van der Waals surface area contributed by atoms with Gasteiger partial charge in [-0.15, -0.1) is 0 Å². The highest BCUT2D eigenvalue weighted by atomic mass is 16.1. The zero-order valence-corrected chi connectivity index (χ0v) is 4.36. The molecule has 0 spiro atoms. The highest BCUT2D eigenvalue weighted by molar-refractivity contribution is 6.33. The Morgan fingerprint density at radius 1 is 1.67 bits per heavy atom. The molecule has 0 bridgehead atoms. The first-order valence-corrected chi connectivity index (χ1v) is 1.82. The smallest absolute Gasteiger partial charge is 0.205 e. The van der Waals surface area contributed by atoms with Crippen LogP contribution in [0.3, 0.4) is 0 Å². The zero-order valence-electron chi connectivity index (χ0n) is 4.36. The van der Waals surface area contributed by atoms with Crippen molar-refractivity contribution in [1.29, 1.82) is 0 Å². The molecule has 0 aliphatic carbocycles. The Morgan fingerprint density at radius 3 is 1.83 bits per heavy atom. The molecular weight excluding hydrogens is 75.7 g/mol. The van der Waals surface area contributed by atoms with Crippen molar-refractivity contribution in [2.75, 3.05) is 0 Å². The number of rotatable bonds is 0. The van der Waals surface area contributed by atoms with Gasteiger partial charge in [0.05, 0.1) is 0 Å². The van der Waals surface area contributed by atoms with Gasteiger partial charge in [-0.2, -0.15) is 0 Å². The molecule has 0 N–H and O–H groups in total. The maximum atomic E-state index is 10.1. The summed E-state index contributed by atoms with van der Waals surface area (Å²) in [6.07, 6.45) is 0. The van der Waals surface area contributed by atoms with E-state index in [9.17, 15) is 4.79 Å². The molecule has 1 amide bonds. The van der Waals surface area contributed by atoms with Crippen molar-refractivity contribution >= 4 is 21.9 Å². The van der Waals surface area contributed by atoms with Crippen LogP contribution < -0.4 is 0 Å². The van der Waals surface area contributed by atoms with E-state index in [1.807, 2.05) is 0 Å². The van der Waals surface area contributed by atoms with E-state index >= 15 is 0 Å². The lowest BCUT2D eigenvalue weighted by Crippen LogP contribution is -2.21. The van der Waals surface area contributed by atoms with Crippen molar-refractivity contribution < 1.29 is 4.79 Å². The van der Waals surface area contributed by atoms with E-state index in [-0.39, 0.29) is 5.91 Å². The number of hydrogen-bond acceptors (Lipinski definition) is 1. The molecule has 4 heteroatoms. The van der Waals surface area contributed by atoms with Crippen LogP contribution in [0.25, 0.3) is 0 Å². The first-order valence-electron chi connectivity index (χ1n) is 1.82. The Labute approximate surface area is 39.4 Å². The SMILES string of the molecule is BN(B)C(C)=O. The standard InChI is InChI=1S/C2H7B2NO/c1-2(6)5(3)4/h3-4H2,1H3. The number of nitrogens with zero attached hydrogens (tertiary/aromatic N) is 1. The molecule has 2 nitrogen and oxygen atoms in total. The number of hydrogen-bond donors (Lipinski definition) is 0. The Bertz CT molecular complexity index is 62.6. The summed E-state index contributed by atoms with van der Waals surface area (Å²) in [5, 5.41) is 0. The van der Waals surface area contributed by atoms with E-state index in [2.05, 4.69) is 0 Å². The van der Waals surface area contributed by atoms with Gasteiger partial charge in [0.1, 0.15) is 0 Å². The molecule has 0 aromatic carbocycles. The molecule has 0 saturated carbocycles. The van der Waals surface area contributed by atoms with Crippen molar-refractivity contribution in [2.45, 2.75) is 6.92 Å². The minimum Gasteiger partial charge on any atom is -0.443 e. The van der Waals surface area contributed by atoms with Crippen LogP contribution in [0.5, 0.6) is 0 Å². The molecule has 0 atom stereocenters. The van der Waals surface area contributed by atoms with Crippen LogP contribution in [-0.4, -0.2) is 26.6 Å². The quantitative estimate of drug-likeness (QED) is 0.308. The lowest BCUT2D eigenvalue weighted by atomic mass is 10.2. The van der Waals surface area contributed by atoms with Gasteiger partial charge in [0.25, 0.3) is 0 Å². The van der Waals surface area contributed by atoms with Gasteiger partial charge in [0.2, 0.25) is 16.0 Å². The second-order valence-electron chi connectivity index (χ2n) is 1.41. The third-order valence-corrected chi connectivity index (χ3v) is 0.630. The molecule has 0 heterocycles. The van der Waals surface area contributed by atoms with E-state index in [0.29, 0.717) is 0 Å². The van der Waals surface area contributed by atoms with Crippen molar-refractivity contribution in [3.05, 3.63) is 0 Å². The summed E-state index contributed by atoms with van der Waals surface area (Å²) in [5.74, 6) is 0.0926. The molecule has 6 heavy (non-hydrogen) atoms. The molecular formula is C2H7B2NO. The first kappa shape index (κ1) is 5.60. The molecule has 0 unspecified atom stereocenters. The predicted octanol–water partition coefficient (Wildman–Crippen LogP) is -2.07. The van der Waals surface area contributed by atoms with Gasteiger partial charge in [0.15, 0.2) is 5.91 Å². The van der Waals surface area contributed by atoms with Crippen molar-refractivity contribution in [1.82, 2.24) is 4.72 Å². The van der Waals surface area contributed by atoms with Gasteiger partial charge in [-0.05, 0) is 0 Å². The van der Waals surface area contributed by atoms with Crippen LogP contribution in [0.15, 0.2) is 0 Å². The Kier molecular flexibility index (Phi) is 1.77. The van der Waals surface area contributed by atoms with E-state index in [0.717, 1.165) is 0 Å². The van der Waals surface area contributed by atoms with E-state index < -0.39 is 0 Å². The van der Waals surface area contributed by atoms with Gasteiger partial charge in [-0.25, -0.2) is 0 Å². The minimum absolute atomic E-state index is 0.0926. The Morgan fingerprint density at radius 2 is 1.83 bits per heavy atom. The largest absolute Gasteiger partial charge is 0.443 e. The second-order valence-corrected chi connectivity index (χ2v) is 1.41. The predicted molar refractivity (Wildman–Crippen MR) is 29.6 cm³/mol. The fourth-order valence-electron chi connectivity index (χ4n) is 0. The normalized spacial score (nSPS) is 7.50. The van der Waals surface area contributed by atoms with Crippen LogP contribution >= 0.6 is 0 Å². The summed E-state index contributed by atoms with van der Waals surface area (Å²) < 4.78 is 1.53. The van der Waals surface area contributed by atoms with Gasteiger partial charge >= 0.3 is 0 Å². The average molecular weight is 82.7 g/mol. The Hall–Kier alpha value is -0.400. The molecule has 0 aromatic rings. The molecule has 0 aliphatic heterocycles. The summed E-state index contributed by atoms with van der Waals surface area (Å²) in [6.45, 7) is 1.53. The molecule has 32 valence electrons. The summed E-state index contributed by atoms with van der Waals surface area (Å²) in [5.41, 5.74) is 0. The minimum atomic E-state index is 0.0926. The highest BCUT2D eigenvalue weighted by Crippen LogP contribution is 1.66. The summed E-state index contributed by atoms with van der Waals surface area (Å²) in [4.78, 5) is 10.1. The number of carbonyl (C=O) groups is 1. The average Bonchev–Trinajstić information content (AvgIpc) is 1.36. The van der Waals surface area contributed by atoms with Gasteiger partial charge < -0.3 is 4.72 Å². The number of carbonyl (C=O) groups excluding carboxylic acids is 1. The highest BCUT2D eigenvalue weighted by Gasteiger charge is 1.87. The molecule has 0 radical (unpaired) electrons. The fourth-order valence-corrected chi connectivity index (χ4v) is 0.